The van der Waals surface area contributed by atoms with Gasteiger partial charge in [0, 0.05) is 34.7 Å². The number of epoxide rings is 1. The van der Waals surface area contributed by atoms with Crippen molar-refractivity contribution in [3.8, 4) is 0 Å². The molecule has 0 aromatic carbocycles. The van der Waals surface area contributed by atoms with E-state index in [0.29, 0.717) is 12.8 Å². The van der Waals surface area contributed by atoms with Crippen molar-refractivity contribution in [3.05, 3.63) is 36.3 Å². The molecular weight excluding hydrogens is 448 g/mol. The molecule has 2 heterocycles. The van der Waals surface area contributed by atoms with Crippen molar-refractivity contribution in [2.24, 2.45) is 33.5 Å². The van der Waals surface area contributed by atoms with Crippen LogP contribution >= 0.6 is 0 Å². The van der Waals surface area contributed by atoms with Crippen LogP contribution in [0, 0.1) is 33.5 Å². The molecule has 1 aliphatic heterocycles. The average Bonchev–Trinajstić information content (AvgIpc) is 3.26. The molecule has 10 atom stereocenters. The Kier molecular flexibility index (Phi) is 4.33. The predicted octanol–water partition coefficient (Wildman–Crippen LogP) is 3.60. The highest BCUT2D eigenvalue weighted by molar-refractivity contribution is 5.99. The van der Waals surface area contributed by atoms with Crippen LogP contribution in [0.4, 0.5) is 0 Å². The van der Waals surface area contributed by atoms with Gasteiger partial charge in [-0.15, -0.1) is 0 Å². The molecule has 35 heavy (non-hydrogen) atoms. The number of esters is 1. The van der Waals surface area contributed by atoms with Crippen molar-refractivity contribution < 1.29 is 33.4 Å². The molecule has 7 heteroatoms. The van der Waals surface area contributed by atoms with E-state index in [2.05, 4.69) is 6.92 Å². The summed E-state index contributed by atoms with van der Waals surface area (Å²) in [7, 11) is 0. The van der Waals surface area contributed by atoms with Crippen molar-refractivity contribution in [2.45, 2.75) is 84.2 Å². The second-order valence-corrected chi connectivity index (χ2v) is 12.7. The van der Waals surface area contributed by atoms with Gasteiger partial charge in [-0.05, 0) is 36.3 Å². The van der Waals surface area contributed by atoms with Crippen LogP contribution in [0.1, 0.15) is 65.9 Å². The number of hydrogen-bond donors (Lipinski definition) is 1. The van der Waals surface area contributed by atoms with Gasteiger partial charge >= 0.3 is 5.97 Å². The summed E-state index contributed by atoms with van der Waals surface area (Å²) >= 11 is 0. The summed E-state index contributed by atoms with van der Waals surface area (Å²) in [5, 5.41) is 12.0. The molecule has 1 aromatic heterocycles. The Morgan fingerprint density at radius 1 is 1.17 bits per heavy atom. The summed E-state index contributed by atoms with van der Waals surface area (Å²) in [4.78, 5) is 39.1. The summed E-state index contributed by atoms with van der Waals surface area (Å²) in [6.45, 7) is 11.5. The van der Waals surface area contributed by atoms with Gasteiger partial charge in [0.1, 0.15) is 17.8 Å². The van der Waals surface area contributed by atoms with Crippen molar-refractivity contribution in [2.75, 3.05) is 0 Å². The van der Waals surface area contributed by atoms with Gasteiger partial charge in [-0.25, -0.2) is 0 Å². The van der Waals surface area contributed by atoms with Crippen molar-refractivity contribution in [1.29, 1.82) is 0 Å². The smallest absolute Gasteiger partial charge is 0.302 e. The van der Waals surface area contributed by atoms with E-state index in [4.69, 9.17) is 13.9 Å². The highest BCUT2D eigenvalue weighted by Gasteiger charge is 2.91. The molecule has 1 N–H and O–H groups in total. The molecule has 7 nitrogen and oxygen atoms in total. The van der Waals surface area contributed by atoms with E-state index in [1.54, 1.807) is 18.6 Å². The van der Waals surface area contributed by atoms with Gasteiger partial charge in [-0.3, -0.25) is 14.4 Å². The first-order valence-corrected chi connectivity index (χ1v) is 12.6. The third-order valence-electron chi connectivity index (χ3n) is 10.9. The monoisotopic (exact) mass is 482 g/mol. The fraction of sp³-hybridized carbons (Fsp3) is 0.679. The van der Waals surface area contributed by atoms with Crippen LogP contribution < -0.4 is 0 Å². The molecule has 4 fully saturated rings. The fourth-order valence-corrected chi connectivity index (χ4v) is 9.71. The molecule has 0 amide bonds. The standard InChI is InChI=1S/C28H34O7/c1-14(29)34-19-11-17-24(2,3)18(31)7-9-25(17,4)22-16(30)12-26(5)20(15-8-10-33-13-15)21(32)23-28(26,35-23)27(19,22)6/h7-10,13,16-17,19-20,22-23,30H,11-12H2,1-6H3/t16-,17-,19+,20+,22+,23+,25-,26-,27+,28+/m0/s1. The lowest BCUT2D eigenvalue weighted by Gasteiger charge is -2.68. The van der Waals surface area contributed by atoms with Gasteiger partial charge in [0.2, 0.25) is 0 Å². The number of allylic oxidation sites excluding steroid dienone is 2. The minimum Gasteiger partial charge on any atom is -0.472 e. The topological polar surface area (TPSA) is 106 Å². The molecule has 1 spiro atoms. The lowest BCUT2D eigenvalue weighted by atomic mass is 9.36. The van der Waals surface area contributed by atoms with E-state index >= 15 is 0 Å². The average molecular weight is 483 g/mol. The third kappa shape index (κ3) is 2.38. The van der Waals surface area contributed by atoms with Crippen LogP contribution in [0.15, 0.2) is 35.2 Å². The number of carbonyl (C=O) groups excluding carboxylic acids is 3. The Bertz CT molecular complexity index is 1170. The van der Waals surface area contributed by atoms with Gasteiger partial charge < -0.3 is 19.0 Å². The molecule has 5 aliphatic rings. The van der Waals surface area contributed by atoms with Gasteiger partial charge in [0.05, 0.1) is 24.5 Å². The molecule has 3 saturated carbocycles. The number of furan rings is 1. The van der Waals surface area contributed by atoms with Crippen molar-refractivity contribution >= 4 is 17.5 Å². The van der Waals surface area contributed by atoms with Crippen LogP contribution in [0.5, 0.6) is 0 Å². The maximum atomic E-state index is 13.8. The normalized spacial score (nSPS) is 51.2. The molecule has 6 rings (SSSR count). The van der Waals surface area contributed by atoms with Gasteiger partial charge in [0.15, 0.2) is 11.6 Å². The SMILES string of the molecule is CC(=O)O[C@@H]1C[C@H]2C(C)(C)C(=O)C=C[C@]2(C)[C@H]2[C@@H](O)C[C@@]3(C)[C@H](c4ccoc4)C(=O)[C@H]4O[C@]43[C@@]21C. The van der Waals surface area contributed by atoms with Crippen LogP contribution in [0.2, 0.25) is 0 Å². The number of aliphatic hydroxyl groups is 1. The Morgan fingerprint density at radius 3 is 2.51 bits per heavy atom. The van der Waals surface area contributed by atoms with Gasteiger partial charge in [0.25, 0.3) is 0 Å². The molecule has 1 saturated heterocycles. The second kappa shape index (κ2) is 6.54. The Hall–Kier alpha value is -2.25. The summed E-state index contributed by atoms with van der Waals surface area (Å²) in [5.74, 6) is -1.39. The van der Waals surface area contributed by atoms with E-state index in [1.807, 2.05) is 39.8 Å². The predicted molar refractivity (Wildman–Crippen MR) is 124 cm³/mol. The molecule has 0 radical (unpaired) electrons. The maximum absolute atomic E-state index is 13.8. The molecule has 0 bridgehead atoms. The van der Waals surface area contributed by atoms with E-state index in [9.17, 15) is 19.5 Å². The number of ether oxygens (including phenoxy) is 2. The number of hydrogen-bond acceptors (Lipinski definition) is 7. The fourth-order valence-electron chi connectivity index (χ4n) is 9.71. The summed E-state index contributed by atoms with van der Waals surface area (Å²) in [6.07, 6.45) is 5.56. The molecule has 188 valence electrons. The quantitative estimate of drug-likeness (QED) is 0.507. The number of aliphatic hydroxyl groups excluding tert-OH is 1. The molecular formula is C28H34O7. The summed E-state index contributed by atoms with van der Waals surface area (Å²) < 4.78 is 17.8. The zero-order valence-corrected chi connectivity index (χ0v) is 21.2. The van der Waals surface area contributed by atoms with Crippen LogP contribution in [0.3, 0.4) is 0 Å². The van der Waals surface area contributed by atoms with E-state index in [-0.39, 0.29) is 23.4 Å². The number of rotatable bonds is 2. The summed E-state index contributed by atoms with van der Waals surface area (Å²) in [6, 6.07) is 1.81. The number of fused-ring (bicyclic) bond motifs is 3. The Labute approximate surface area is 205 Å². The highest BCUT2D eigenvalue weighted by Crippen LogP contribution is 2.81. The van der Waals surface area contributed by atoms with Crippen molar-refractivity contribution in [1.82, 2.24) is 0 Å². The zero-order valence-electron chi connectivity index (χ0n) is 21.2. The molecule has 1 aromatic rings. The Morgan fingerprint density at radius 2 is 1.89 bits per heavy atom. The lowest BCUT2D eigenvalue weighted by molar-refractivity contribution is -0.259. The number of ketones is 2. The van der Waals surface area contributed by atoms with E-state index in [0.717, 1.165) is 5.56 Å². The lowest BCUT2D eigenvalue weighted by Crippen LogP contribution is -2.73. The first-order valence-electron chi connectivity index (χ1n) is 12.6. The largest absolute Gasteiger partial charge is 0.472 e. The number of carbonyl (C=O) groups is 3. The minimum atomic E-state index is -0.892. The molecule has 4 aliphatic carbocycles. The first kappa shape index (κ1) is 23.2. The third-order valence-corrected chi connectivity index (χ3v) is 10.9. The highest BCUT2D eigenvalue weighted by atomic mass is 16.6. The van der Waals surface area contributed by atoms with Crippen molar-refractivity contribution in [3.63, 3.8) is 0 Å². The first-order chi connectivity index (χ1) is 16.3. The van der Waals surface area contributed by atoms with E-state index in [1.165, 1.54) is 6.92 Å². The van der Waals surface area contributed by atoms with Crippen LogP contribution in [-0.2, 0) is 23.9 Å². The minimum absolute atomic E-state index is 0.00785. The van der Waals surface area contributed by atoms with Crippen LogP contribution in [-0.4, -0.2) is 46.6 Å². The second-order valence-electron chi connectivity index (χ2n) is 12.7. The van der Waals surface area contributed by atoms with Crippen LogP contribution in [0.25, 0.3) is 0 Å². The summed E-state index contributed by atoms with van der Waals surface area (Å²) in [5.41, 5.74) is -2.90. The molecule has 0 unspecified atom stereocenters. The van der Waals surface area contributed by atoms with Gasteiger partial charge in [-0.1, -0.05) is 40.7 Å². The zero-order chi connectivity index (χ0) is 25.3. The Balaban J connectivity index is 1.58. The van der Waals surface area contributed by atoms with Gasteiger partial charge in [-0.2, -0.15) is 0 Å². The maximum Gasteiger partial charge on any atom is 0.302 e. The van der Waals surface area contributed by atoms with E-state index < -0.39 is 57.5 Å². The number of Topliss-reactive ketones (excluding diaryl/α,β-unsaturated/α-hetero) is 1.